The average Bonchev–Trinajstić information content (AvgIpc) is 3.22. The highest BCUT2D eigenvalue weighted by Crippen LogP contribution is 2.42. The lowest BCUT2D eigenvalue weighted by Gasteiger charge is -2.10. The summed E-state index contributed by atoms with van der Waals surface area (Å²) in [5.74, 6) is 2.33. The molecule has 2 aromatic heterocycles. The Morgan fingerprint density at radius 2 is 2.11 bits per heavy atom. The second-order valence-electron chi connectivity index (χ2n) is 6.16. The van der Waals surface area contributed by atoms with Crippen molar-refractivity contribution in [1.82, 2.24) is 14.8 Å². The van der Waals surface area contributed by atoms with Crippen LogP contribution >= 0.6 is 23.1 Å². The molecule has 8 heteroatoms. The average molecular weight is 402 g/mol. The molecule has 140 valence electrons. The standard InChI is InChI=1S/C19H19N3O3S2/c1-24-13-7-8-14(16(10-13)25-2)15(23)11-27-19-21-20-18(17-4-3-9-26-17)22(19)12-5-6-12/h3-4,7-10,12H,5-6,11H2,1-2H3. The van der Waals surface area contributed by atoms with Gasteiger partial charge in [-0.05, 0) is 36.4 Å². The first kappa shape index (κ1) is 18.1. The van der Waals surface area contributed by atoms with Gasteiger partial charge in [0, 0.05) is 12.1 Å². The Morgan fingerprint density at radius 1 is 1.26 bits per heavy atom. The SMILES string of the molecule is COc1ccc(C(=O)CSc2nnc(-c3cccs3)n2C2CC2)c(OC)c1. The van der Waals surface area contributed by atoms with Crippen molar-refractivity contribution in [3.8, 4) is 22.2 Å². The predicted octanol–water partition coefficient (Wildman–Crippen LogP) is 4.33. The predicted molar refractivity (Wildman–Crippen MR) is 106 cm³/mol. The van der Waals surface area contributed by atoms with Gasteiger partial charge >= 0.3 is 0 Å². The van der Waals surface area contributed by atoms with Crippen molar-refractivity contribution in [2.24, 2.45) is 0 Å². The summed E-state index contributed by atoms with van der Waals surface area (Å²) < 4.78 is 12.7. The normalized spacial score (nSPS) is 13.6. The van der Waals surface area contributed by atoms with E-state index in [1.165, 1.54) is 11.8 Å². The molecule has 0 saturated heterocycles. The molecule has 0 spiro atoms. The van der Waals surface area contributed by atoms with E-state index in [9.17, 15) is 4.79 Å². The van der Waals surface area contributed by atoms with Crippen LogP contribution in [-0.2, 0) is 0 Å². The second-order valence-corrected chi connectivity index (χ2v) is 8.05. The Morgan fingerprint density at radius 3 is 2.78 bits per heavy atom. The van der Waals surface area contributed by atoms with Crippen LogP contribution in [0.25, 0.3) is 10.7 Å². The second kappa shape index (κ2) is 7.74. The number of methoxy groups -OCH3 is 2. The van der Waals surface area contributed by atoms with Crippen LogP contribution in [0.4, 0.5) is 0 Å². The zero-order valence-electron chi connectivity index (χ0n) is 15.0. The number of hydrogen-bond acceptors (Lipinski definition) is 7. The summed E-state index contributed by atoms with van der Waals surface area (Å²) in [4.78, 5) is 13.8. The summed E-state index contributed by atoms with van der Waals surface area (Å²) in [6.45, 7) is 0. The van der Waals surface area contributed by atoms with Crippen molar-refractivity contribution < 1.29 is 14.3 Å². The summed E-state index contributed by atoms with van der Waals surface area (Å²) in [6, 6.07) is 9.73. The van der Waals surface area contributed by atoms with Crippen LogP contribution in [-0.4, -0.2) is 40.5 Å². The van der Waals surface area contributed by atoms with Gasteiger partial charge in [0.1, 0.15) is 11.5 Å². The van der Waals surface area contributed by atoms with Crippen LogP contribution < -0.4 is 9.47 Å². The van der Waals surface area contributed by atoms with E-state index >= 15 is 0 Å². The zero-order valence-corrected chi connectivity index (χ0v) is 16.7. The largest absolute Gasteiger partial charge is 0.497 e. The van der Waals surface area contributed by atoms with Gasteiger partial charge in [-0.1, -0.05) is 17.8 Å². The van der Waals surface area contributed by atoms with Crippen molar-refractivity contribution >= 4 is 28.9 Å². The molecule has 0 unspecified atom stereocenters. The van der Waals surface area contributed by atoms with E-state index in [4.69, 9.17) is 9.47 Å². The van der Waals surface area contributed by atoms with E-state index in [2.05, 4.69) is 20.8 Å². The zero-order chi connectivity index (χ0) is 18.8. The molecule has 6 nitrogen and oxygen atoms in total. The van der Waals surface area contributed by atoms with Crippen LogP contribution in [0, 0.1) is 0 Å². The number of Topliss-reactive ketones (excluding diaryl/α,β-unsaturated/α-hetero) is 1. The molecule has 1 aliphatic rings. The minimum Gasteiger partial charge on any atom is -0.497 e. The van der Waals surface area contributed by atoms with Gasteiger partial charge in [-0.2, -0.15) is 0 Å². The molecular weight excluding hydrogens is 382 g/mol. The van der Waals surface area contributed by atoms with Crippen molar-refractivity contribution in [2.45, 2.75) is 24.0 Å². The fraction of sp³-hybridized carbons (Fsp3) is 0.316. The fourth-order valence-electron chi connectivity index (χ4n) is 2.85. The molecule has 0 radical (unpaired) electrons. The lowest BCUT2D eigenvalue weighted by atomic mass is 10.1. The molecule has 1 saturated carbocycles. The minimum absolute atomic E-state index is 0.0116. The monoisotopic (exact) mass is 401 g/mol. The van der Waals surface area contributed by atoms with E-state index < -0.39 is 0 Å². The molecule has 4 rings (SSSR count). The third kappa shape index (κ3) is 3.72. The number of nitrogens with zero attached hydrogens (tertiary/aromatic N) is 3. The van der Waals surface area contributed by atoms with Gasteiger partial charge in [-0.25, -0.2) is 0 Å². The number of ether oxygens (including phenoxy) is 2. The number of carbonyl (C=O) groups is 1. The van der Waals surface area contributed by atoms with Crippen LogP contribution in [0.1, 0.15) is 29.2 Å². The molecule has 3 aromatic rings. The van der Waals surface area contributed by atoms with Gasteiger partial charge in [-0.15, -0.1) is 21.5 Å². The molecule has 2 heterocycles. The van der Waals surface area contributed by atoms with Gasteiger partial charge in [-0.3, -0.25) is 9.36 Å². The first-order valence-electron chi connectivity index (χ1n) is 8.58. The Balaban J connectivity index is 1.53. The van der Waals surface area contributed by atoms with Gasteiger partial charge in [0.05, 0.1) is 30.4 Å². The highest BCUT2D eigenvalue weighted by Gasteiger charge is 2.30. The molecule has 1 aliphatic carbocycles. The topological polar surface area (TPSA) is 66.2 Å². The van der Waals surface area contributed by atoms with Crippen LogP contribution in [0.2, 0.25) is 0 Å². The first-order chi connectivity index (χ1) is 13.2. The molecule has 0 amide bonds. The number of thioether (sulfide) groups is 1. The molecule has 0 aliphatic heterocycles. The summed E-state index contributed by atoms with van der Waals surface area (Å²) >= 11 is 3.07. The number of thiophene rings is 1. The van der Waals surface area contributed by atoms with Crippen molar-refractivity contribution in [1.29, 1.82) is 0 Å². The van der Waals surface area contributed by atoms with Crippen molar-refractivity contribution in [3.63, 3.8) is 0 Å². The maximum atomic E-state index is 12.7. The molecule has 27 heavy (non-hydrogen) atoms. The summed E-state index contributed by atoms with van der Waals surface area (Å²) in [7, 11) is 3.14. The Labute approximate surface area is 165 Å². The molecule has 0 atom stereocenters. The molecule has 0 bridgehead atoms. The van der Waals surface area contributed by atoms with Crippen LogP contribution in [0.15, 0.2) is 40.9 Å². The van der Waals surface area contributed by atoms with Crippen molar-refractivity contribution in [2.75, 3.05) is 20.0 Å². The number of aromatic nitrogens is 3. The number of benzene rings is 1. The van der Waals surface area contributed by atoms with E-state index in [0.717, 1.165) is 28.7 Å². The highest BCUT2D eigenvalue weighted by molar-refractivity contribution is 7.99. The Bertz CT molecular complexity index is 949. The first-order valence-corrected chi connectivity index (χ1v) is 10.4. The molecule has 1 aromatic carbocycles. The summed E-state index contributed by atoms with van der Waals surface area (Å²) in [6.07, 6.45) is 2.26. The number of ketones is 1. The van der Waals surface area contributed by atoms with E-state index in [1.807, 2.05) is 11.4 Å². The van der Waals surface area contributed by atoms with E-state index in [0.29, 0.717) is 23.1 Å². The van der Waals surface area contributed by atoms with Crippen LogP contribution in [0.3, 0.4) is 0 Å². The lowest BCUT2D eigenvalue weighted by molar-refractivity contribution is 0.101. The Hall–Kier alpha value is -2.32. The maximum absolute atomic E-state index is 12.7. The van der Waals surface area contributed by atoms with Gasteiger partial charge in [0.2, 0.25) is 0 Å². The number of hydrogen-bond donors (Lipinski definition) is 0. The molecule has 1 fully saturated rings. The van der Waals surface area contributed by atoms with Gasteiger partial charge < -0.3 is 9.47 Å². The van der Waals surface area contributed by atoms with E-state index in [1.54, 1.807) is 43.8 Å². The smallest absolute Gasteiger partial charge is 0.192 e. The Kier molecular flexibility index (Phi) is 5.18. The third-order valence-corrected chi connectivity index (χ3v) is 6.17. The maximum Gasteiger partial charge on any atom is 0.192 e. The van der Waals surface area contributed by atoms with E-state index in [-0.39, 0.29) is 11.5 Å². The van der Waals surface area contributed by atoms with Crippen molar-refractivity contribution in [3.05, 3.63) is 41.3 Å². The van der Waals surface area contributed by atoms with Crippen LogP contribution in [0.5, 0.6) is 11.5 Å². The minimum atomic E-state index is -0.0116. The number of carbonyl (C=O) groups excluding carboxylic acids is 1. The summed E-state index contributed by atoms with van der Waals surface area (Å²) in [5.41, 5.74) is 0.543. The quantitative estimate of drug-likeness (QED) is 0.413. The molecule has 0 N–H and O–H groups in total. The van der Waals surface area contributed by atoms with Gasteiger partial charge in [0.15, 0.2) is 16.8 Å². The number of rotatable bonds is 8. The highest BCUT2D eigenvalue weighted by atomic mass is 32.2. The van der Waals surface area contributed by atoms with Gasteiger partial charge in [0.25, 0.3) is 0 Å². The third-order valence-electron chi connectivity index (χ3n) is 4.36. The lowest BCUT2D eigenvalue weighted by Crippen LogP contribution is -2.07. The summed E-state index contributed by atoms with van der Waals surface area (Å²) in [5, 5.41) is 11.6. The molecular formula is C19H19N3O3S2. The fourth-order valence-corrected chi connectivity index (χ4v) is 4.44.